The minimum Gasteiger partial charge on any atom is -0.396 e. The van der Waals surface area contributed by atoms with Crippen LogP contribution in [0.3, 0.4) is 0 Å². The fraction of sp³-hybridized carbons (Fsp3) is 0.500. The number of nitrogens with zero attached hydrogens (tertiary/aromatic N) is 1. The van der Waals surface area contributed by atoms with Gasteiger partial charge in [-0.3, -0.25) is 4.79 Å². The van der Waals surface area contributed by atoms with Crippen LogP contribution < -0.4 is 5.32 Å². The highest BCUT2D eigenvalue weighted by atomic mass is 16.3. The zero-order chi connectivity index (χ0) is 12.0. The number of hydrogen-bond donors (Lipinski definition) is 2. The van der Waals surface area contributed by atoms with Crippen molar-refractivity contribution < 1.29 is 9.90 Å². The molecule has 1 rings (SSSR count). The van der Waals surface area contributed by atoms with Gasteiger partial charge in [0.25, 0.3) is 5.91 Å². The van der Waals surface area contributed by atoms with E-state index in [0.29, 0.717) is 12.1 Å². The van der Waals surface area contributed by atoms with E-state index in [1.165, 1.54) is 0 Å². The smallest absolute Gasteiger partial charge is 0.270 e. The van der Waals surface area contributed by atoms with Crippen LogP contribution in [0.2, 0.25) is 0 Å². The average Bonchev–Trinajstić information content (AvgIpc) is 2.28. The molecule has 4 heteroatoms. The molecule has 1 aromatic rings. The van der Waals surface area contributed by atoms with Gasteiger partial charge in [-0.05, 0) is 31.9 Å². The van der Waals surface area contributed by atoms with E-state index in [-0.39, 0.29) is 18.6 Å². The van der Waals surface area contributed by atoms with E-state index < -0.39 is 0 Å². The summed E-state index contributed by atoms with van der Waals surface area (Å²) in [5.41, 5.74) is 1.25. The van der Waals surface area contributed by atoms with E-state index in [1.54, 1.807) is 6.07 Å². The number of aryl methyl sites for hydroxylation is 1. The maximum Gasteiger partial charge on any atom is 0.270 e. The van der Waals surface area contributed by atoms with E-state index in [0.717, 1.165) is 12.1 Å². The van der Waals surface area contributed by atoms with Gasteiger partial charge in [0.15, 0.2) is 0 Å². The second-order valence-corrected chi connectivity index (χ2v) is 3.76. The van der Waals surface area contributed by atoms with Crippen LogP contribution in [0.5, 0.6) is 0 Å². The second kappa shape index (κ2) is 6.23. The standard InChI is InChI=1S/C12H18N2O2/c1-3-10(7-8-15)14-12(16)11-6-4-5-9(2)13-11/h4-6,10,15H,3,7-8H2,1-2H3,(H,14,16). The van der Waals surface area contributed by atoms with Crippen molar-refractivity contribution in [3.05, 3.63) is 29.6 Å². The molecule has 0 saturated heterocycles. The summed E-state index contributed by atoms with van der Waals surface area (Å²) in [5, 5.41) is 11.7. The molecule has 0 aliphatic heterocycles. The maximum atomic E-state index is 11.8. The SMILES string of the molecule is CCC(CCO)NC(=O)c1cccc(C)n1. The topological polar surface area (TPSA) is 62.2 Å². The Hall–Kier alpha value is -1.42. The Labute approximate surface area is 95.7 Å². The van der Waals surface area contributed by atoms with Crippen LogP contribution >= 0.6 is 0 Å². The fourth-order valence-corrected chi connectivity index (χ4v) is 1.46. The molecule has 0 saturated carbocycles. The predicted octanol–water partition coefficient (Wildman–Crippen LogP) is 1.28. The highest BCUT2D eigenvalue weighted by Gasteiger charge is 2.12. The van der Waals surface area contributed by atoms with E-state index >= 15 is 0 Å². The zero-order valence-corrected chi connectivity index (χ0v) is 9.73. The van der Waals surface area contributed by atoms with Crippen molar-refractivity contribution in [3.8, 4) is 0 Å². The molecule has 0 bridgehead atoms. The Kier molecular flexibility index (Phi) is 4.92. The summed E-state index contributed by atoms with van der Waals surface area (Å²) in [6, 6.07) is 5.36. The number of rotatable bonds is 5. The molecule has 2 N–H and O–H groups in total. The van der Waals surface area contributed by atoms with Gasteiger partial charge in [-0.15, -0.1) is 0 Å². The lowest BCUT2D eigenvalue weighted by Crippen LogP contribution is -2.35. The monoisotopic (exact) mass is 222 g/mol. The quantitative estimate of drug-likeness (QED) is 0.789. The van der Waals surface area contributed by atoms with Gasteiger partial charge >= 0.3 is 0 Å². The minimum absolute atomic E-state index is 0.0137. The summed E-state index contributed by atoms with van der Waals surface area (Å²) in [6.45, 7) is 3.91. The lowest BCUT2D eigenvalue weighted by Gasteiger charge is -2.15. The second-order valence-electron chi connectivity index (χ2n) is 3.76. The molecule has 0 aromatic carbocycles. The van der Waals surface area contributed by atoms with E-state index in [2.05, 4.69) is 10.3 Å². The number of hydrogen-bond acceptors (Lipinski definition) is 3. The van der Waals surface area contributed by atoms with Crippen molar-refractivity contribution in [3.63, 3.8) is 0 Å². The first-order valence-electron chi connectivity index (χ1n) is 5.52. The Morgan fingerprint density at radius 3 is 2.88 bits per heavy atom. The van der Waals surface area contributed by atoms with Gasteiger partial charge in [-0.2, -0.15) is 0 Å². The van der Waals surface area contributed by atoms with Gasteiger partial charge in [0.1, 0.15) is 5.69 Å². The summed E-state index contributed by atoms with van der Waals surface area (Å²) < 4.78 is 0. The molecule has 1 unspecified atom stereocenters. The first-order valence-corrected chi connectivity index (χ1v) is 5.52. The molecule has 88 valence electrons. The highest BCUT2D eigenvalue weighted by Crippen LogP contribution is 2.01. The molecule has 0 radical (unpaired) electrons. The van der Waals surface area contributed by atoms with Crippen molar-refractivity contribution in [2.24, 2.45) is 0 Å². The van der Waals surface area contributed by atoms with Crippen LogP contribution in [0.1, 0.15) is 35.9 Å². The molecular formula is C12H18N2O2. The average molecular weight is 222 g/mol. The normalized spacial score (nSPS) is 12.2. The molecule has 1 heterocycles. The first kappa shape index (κ1) is 12.6. The third-order valence-corrected chi connectivity index (χ3v) is 2.43. The number of pyridine rings is 1. The Morgan fingerprint density at radius 2 is 2.31 bits per heavy atom. The third kappa shape index (κ3) is 3.62. The van der Waals surface area contributed by atoms with Crippen molar-refractivity contribution in [1.82, 2.24) is 10.3 Å². The van der Waals surface area contributed by atoms with Gasteiger partial charge in [0.05, 0.1) is 0 Å². The van der Waals surface area contributed by atoms with Crippen molar-refractivity contribution in [2.75, 3.05) is 6.61 Å². The molecule has 16 heavy (non-hydrogen) atoms. The number of aliphatic hydroxyl groups is 1. The molecule has 0 aliphatic rings. The molecule has 4 nitrogen and oxygen atoms in total. The van der Waals surface area contributed by atoms with Crippen LogP contribution in [0.15, 0.2) is 18.2 Å². The van der Waals surface area contributed by atoms with Crippen LogP contribution in [-0.2, 0) is 0 Å². The number of aromatic nitrogens is 1. The Bertz CT molecular complexity index is 353. The van der Waals surface area contributed by atoms with Crippen LogP contribution in [0.25, 0.3) is 0 Å². The summed E-state index contributed by atoms with van der Waals surface area (Å²) in [5.74, 6) is -0.177. The zero-order valence-electron chi connectivity index (χ0n) is 9.73. The molecular weight excluding hydrogens is 204 g/mol. The van der Waals surface area contributed by atoms with Crippen LogP contribution in [0.4, 0.5) is 0 Å². The van der Waals surface area contributed by atoms with Gasteiger partial charge in [0.2, 0.25) is 0 Å². The summed E-state index contributed by atoms with van der Waals surface area (Å²) in [4.78, 5) is 15.9. The Morgan fingerprint density at radius 1 is 1.56 bits per heavy atom. The lowest BCUT2D eigenvalue weighted by atomic mass is 10.1. The van der Waals surface area contributed by atoms with Crippen molar-refractivity contribution in [1.29, 1.82) is 0 Å². The number of amides is 1. The van der Waals surface area contributed by atoms with Crippen LogP contribution in [-0.4, -0.2) is 28.6 Å². The molecule has 0 aliphatic carbocycles. The van der Waals surface area contributed by atoms with Gasteiger partial charge < -0.3 is 10.4 Å². The molecule has 1 amide bonds. The first-order chi connectivity index (χ1) is 7.67. The van der Waals surface area contributed by atoms with Crippen molar-refractivity contribution in [2.45, 2.75) is 32.7 Å². The van der Waals surface area contributed by atoms with E-state index in [1.807, 2.05) is 26.0 Å². The summed E-state index contributed by atoms with van der Waals surface area (Å²) in [7, 11) is 0. The van der Waals surface area contributed by atoms with E-state index in [9.17, 15) is 4.79 Å². The summed E-state index contributed by atoms with van der Waals surface area (Å²) in [6.07, 6.45) is 1.38. The van der Waals surface area contributed by atoms with Crippen LogP contribution in [0, 0.1) is 6.92 Å². The van der Waals surface area contributed by atoms with E-state index in [4.69, 9.17) is 5.11 Å². The largest absolute Gasteiger partial charge is 0.396 e. The highest BCUT2D eigenvalue weighted by molar-refractivity contribution is 5.92. The number of carbonyl (C=O) groups excluding carboxylic acids is 1. The van der Waals surface area contributed by atoms with Crippen molar-refractivity contribution >= 4 is 5.91 Å². The molecule has 1 atom stereocenters. The van der Waals surface area contributed by atoms with Gasteiger partial charge in [-0.25, -0.2) is 4.98 Å². The Balaban J connectivity index is 2.64. The number of nitrogens with one attached hydrogen (secondary N) is 1. The molecule has 0 spiro atoms. The molecule has 0 fully saturated rings. The third-order valence-electron chi connectivity index (χ3n) is 2.43. The number of carbonyl (C=O) groups is 1. The fourth-order valence-electron chi connectivity index (χ4n) is 1.46. The lowest BCUT2D eigenvalue weighted by molar-refractivity contribution is 0.0924. The maximum absolute atomic E-state index is 11.8. The summed E-state index contributed by atoms with van der Waals surface area (Å²) >= 11 is 0. The minimum atomic E-state index is -0.177. The van der Waals surface area contributed by atoms with Gasteiger partial charge in [-0.1, -0.05) is 13.0 Å². The number of aliphatic hydroxyl groups excluding tert-OH is 1. The molecule has 1 aromatic heterocycles. The van der Waals surface area contributed by atoms with Gasteiger partial charge in [0, 0.05) is 18.3 Å². The predicted molar refractivity (Wildman–Crippen MR) is 62.2 cm³/mol.